The van der Waals surface area contributed by atoms with E-state index in [2.05, 4.69) is 0 Å². The van der Waals surface area contributed by atoms with Gasteiger partial charge in [-0.15, -0.1) is 0 Å². The minimum absolute atomic E-state index is 0.0572. The number of anilines is 1. The molecule has 3 aromatic carbocycles. The molecular weight excluding hydrogens is 509 g/mol. The number of nitriles is 1. The van der Waals surface area contributed by atoms with E-state index in [1.165, 1.54) is 36.4 Å². The molecule has 1 aliphatic carbocycles. The van der Waals surface area contributed by atoms with Crippen molar-refractivity contribution < 1.29 is 22.9 Å². The van der Waals surface area contributed by atoms with Crippen molar-refractivity contribution in [2.24, 2.45) is 5.73 Å². The van der Waals surface area contributed by atoms with Crippen LogP contribution in [-0.2, 0) is 11.0 Å². The number of halogens is 3. The van der Waals surface area contributed by atoms with E-state index < -0.39 is 22.6 Å². The lowest BCUT2D eigenvalue weighted by atomic mass is 9.71. The van der Waals surface area contributed by atoms with Gasteiger partial charge in [-0.25, -0.2) is 0 Å². The second-order valence-electron chi connectivity index (χ2n) is 9.35. The van der Waals surface area contributed by atoms with Gasteiger partial charge in [0, 0.05) is 29.8 Å². The predicted octanol–water partition coefficient (Wildman–Crippen LogP) is 6.31. The van der Waals surface area contributed by atoms with E-state index >= 15 is 0 Å². The molecule has 0 bridgehead atoms. The van der Waals surface area contributed by atoms with E-state index in [0.29, 0.717) is 0 Å². The molecule has 2 atom stereocenters. The summed E-state index contributed by atoms with van der Waals surface area (Å²) in [6.45, 7) is 0. The summed E-state index contributed by atoms with van der Waals surface area (Å²) in [7, 11) is 0. The molecule has 0 radical (unpaired) electrons. The van der Waals surface area contributed by atoms with Gasteiger partial charge in [-0.3, -0.25) is 19.8 Å². The molecule has 0 saturated heterocycles. The van der Waals surface area contributed by atoms with Gasteiger partial charge in [0.2, 0.25) is 0 Å². The van der Waals surface area contributed by atoms with Gasteiger partial charge in [0.1, 0.15) is 5.82 Å². The number of carbonyl (C=O) groups excluding carboxylic acids is 1. The van der Waals surface area contributed by atoms with Crippen molar-refractivity contribution in [1.82, 2.24) is 0 Å². The molecular formula is C29H21F3N4O3. The Labute approximate surface area is 221 Å². The molecule has 0 amide bonds. The van der Waals surface area contributed by atoms with Crippen LogP contribution in [0.5, 0.6) is 0 Å². The Morgan fingerprint density at radius 3 is 2.31 bits per heavy atom. The number of nitro benzene ring substituents is 1. The van der Waals surface area contributed by atoms with Crippen LogP contribution >= 0.6 is 0 Å². The molecule has 196 valence electrons. The number of hydrogen-bond acceptors (Lipinski definition) is 6. The maximum atomic E-state index is 14.1. The highest BCUT2D eigenvalue weighted by molar-refractivity contribution is 6.02. The number of rotatable bonds is 4. The van der Waals surface area contributed by atoms with Gasteiger partial charge >= 0.3 is 6.18 Å². The lowest BCUT2D eigenvalue weighted by molar-refractivity contribution is -0.384. The summed E-state index contributed by atoms with van der Waals surface area (Å²) in [5.41, 5.74) is 6.27. The van der Waals surface area contributed by atoms with Gasteiger partial charge in [-0.2, -0.15) is 18.4 Å². The highest BCUT2D eigenvalue weighted by Gasteiger charge is 2.45. The molecule has 0 fully saturated rings. The summed E-state index contributed by atoms with van der Waals surface area (Å²) in [5, 5.41) is 21.6. The summed E-state index contributed by atoms with van der Waals surface area (Å²) in [5.74, 6) is -2.04. The molecule has 0 spiro atoms. The minimum Gasteiger partial charge on any atom is -0.384 e. The fraction of sp³-hybridized carbons (Fsp3) is 0.172. The number of non-ortho nitro benzene ring substituents is 1. The van der Waals surface area contributed by atoms with Crippen LogP contribution in [0, 0.1) is 21.4 Å². The molecule has 3 aromatic rings. The standard InChI is InChI=1S/C29H21F3N4O3/c30-29(31,32)22-11-4-5-12-23(22)35-24-14-19(17-7-2-1-3-8-17)15-25(37)27(24)26(21(16-33)28(35)34)18-9-6-10-20(13-18)36(38)39/h1-13,19,26H,14-15,34H2/t19-,26+/m0/s1. The molecule has 5 rings (SSSR count). The average Bonchev–Trinajstić information content (AvgIpc) is 2.92. The van der Waals surface area contributed by atoms with E-state index in [-0.39, 0.29) is 64.1 Å². The maximum absolute atomic E-state index is 14.1. The number of nitrogens with zero attached hydrogens (tertiary/aromatic N) is 3. The van der Waals surface area contributed by atoms with Gasteiger partial charge in [0.05, 0.1) is 33.7 Å². The highest BCUT2D eigenvalue weighted by Crippen LogP contribution is 2.51. The monoisotopic (exact) mass is 530 g/mol. The van der Waals surface area contributed by atoms with Crippen LogP contribution in [0.2, 0.25) is 0 Å². The number of nitrogens with two attached hydrogens (primary N) is 1. The van der Waals surface area contributed by atoms with Gasteiger partial charge in [-0.05, 0) is 35.6 Å². The van der Waals surface area contributed by atoms with Crippen molar-refractivity contribution >= 4 is 17.2 Å². The van der Waals surface area contributed by atoms with Crippen LogP contribution in [0.25, 0.3) is 0 Å². The van der Waals surface area contributed by atoms with Crippen LogP contribution in [0.3, 0.4) is 0 Å². The van der Waals surface area contributed by atoms with E-state index in [4.69, 9.17) is 5.73 Å². The first-order chi connectivity index (χ1) is 18.6. The molecule has 2 aliphatic rings. The molecule has 10 heteroatoms. The quantitative estimate of drug-likeness (QED) is 0.312. The summed E-state index contributed by atoms with van der Waals surface area (Å²) < 4.78 is 42.4. The molecule has 1 heterocycles. The largest absolute Gasteiger partial charge is 0.418 e. The number of para-hydroxylation sites is 1. The predicted molar refractivity (Wildman–Crippen MR) is 137 cm³/mol. The number of benzene rings is 3. The van der Waals surface area contributed by atoms with Crippen molar-refractivity contribution in [2.45, 2.75) is 30.9 Å². The number of allylic oxidation sites excluding steroid dienone is 3. The van der Waals surface area contributed by atoms with Crippen molar-refractivity contribution in [3.05, 3.63) is 128 Å². The Kier molecular flexibility index (Phi) is 6.44. The average molecular weight is 531 g/mol. The molecule has 0 aromatic heterocycles. The van der Waals surface area contributed by atoms with Crippen molar-refractivity contribution in [3.8, 4) is 6.07 Å². The Bertz CT molecular complexity index is 1590. The van der Waals surface area contributed by atoms with E-state index in [1.807, 2.05) is 36.4 Å². The summed E-state index contributed by atoms with van der Waals surface area (Å²) in [4.78, 5) is 25.9. The molecule has 1 aliphatic heterocycles. The normalized spacial score (nSPS) is 19.5. The number of ketones is 1. The Hall–Kier alpha value is -4.91. The Morgan fingerprint density at radius 1 is 0.974 bits per heavy atom. The van der Waals surface area contributed by atoms with Crippen LogP contribution in [0.4, 0.5) is 24.5 Å². The third kappa shape index (κ3) is 4.52. The van der Waals surface area contributed by atoms with Gasteiger partial charge in [-0.1, -0.05) is 54.6 Å². The lowest BCUT2D eigenvalue weighted by Crippen LogP contribution is -2.40. The van der Waals surface area contributed by atoms with Gasteiger partial charge in [0.15, 0.2) is 5.78 Å². The Balaban J connectivity index is 1.78. The Morgan fingerprint density at radius 2 is 1.64 bits per heavy atom. The van der Waals surface area contributed by atoms with Crippen molar-refractivity contribution in [3.63, 3.8) is 0 Å². The minimum atomic E-state index is -4.74. The molecule has 0 unspecified atom stereocenters. The van der Waals surface area contributed by atoms with Crippen LogP contribution in [0.1, 0.15) is 41.4 Å². The zero-order chi connectivity index (χ0) is 27.9. The summed E-state index contributed by atoms with van der Waals surface area (Å²) in [6, 6.07) is 21.5. The second-order valence-corrected chi connectivity index (χ2v) is 9.35. The third-order valence-corrected chi connectivity index (χ3v) is 7.10. The molecule has 0 saturated carbocycles. The first-order valence-corrected chi connectivity index (χ1v) is 12.0. The van der Waals surface area contributed by atoms with Gasteiger partial charge < -0.3 is 5.73 Å². The topological polar surface area (TPSA) is 113 Å². The van der Waals surface area contributed by atoms with Crippen LogP contribution in [-0.4, -0.2) is 10.7 Å². The SMILES string of the molecule is N#CC1=C(N)N(c2ccccc2C(F)(F)F)C2=C(C(=O)C[C@@H](c3ccccc3)C2)[C@@H]1c1cccc([N+](=O)[O-])c1. The summed E-state index contributed by atoms with van der Waals surface area (Å²) >= 11 is 0. The molecule has 7 nitrogen and oxygen atoms in total. The number of carbonyl (C=O) groups is 1. The van der Waals surface area contributed by atoms with Crippen molar-refractivity contribution in [1.29, 1.82) is 5.26 Å². The van der Waals surface area contributed by atoms with Crippen molar-refractivity contribution in [2.75, 3.05) is 4.90 Å². The maximum Gasteiger partial charge on any atom is 0.418 e. The highest BCUT2D eigenvalue weighted by atomic mass is 19.4. The fourth-order valence-corrected chi connectivity index (χ4v) is 5.43. The third-order valence-electron chi connectivity index (χ3n) is 7.10. The van der Waals surface area contributed by atoms with E-state index in [0.717, 1.165) is 16.5 Å². The second kappa shape index (κ2) is 9.76. The van der Waals surface area contributed by atoms with Crippen LogP contribution < -0.4 is 10.6 Å². The number of Topliss-reactive ketones (excluding diaryl/α,β-unsaturated/α-hetero) is 1. The smallest absolute Gasteiger partial charge is 0.384 e. The first-order valence-electron chi connectivity index (χ1n) is 12.0. The number of nitro groups is 1. The number of alkyl halides is 3. The van der Waals surface area contributed by atoms with E-state index in [9.17, 15) is 33.3 Å². The summed E-state index contributed by atoms with van der Waals surface area (Å²) in [6.07, 6.45) is -4.51. The first kappa shape index (κ1) is 25.7. The molecule has 39 heavy (non-hydrogen) atoms. The molecule has 2 N–H and O–H groups in total. The van der Waals surface area contributed by atoms with E-state index in [1.54, 1.807) is 6.07 Å². The van der Waals surface area contributed by atoms with Crippen LogP contribution in [0.15, 0.2) is 102 Å². The zero-order valence-electron chi connectivity index (χ0n) is 20.4. The number of hydrogen-bond donors (Lipinski definition) is 1. The zero-order valence-corrected chi connectivity index (χ0v) is 20.4. The fourth-order valence-electron chi connectivity index (χ4n) is 5.43. The lowest BCUT2D eigenvalue weighted by Gasteiger charge is -2.42. The van der Waals surface area contributed by atoms with Gasteiger partial charge in [0.25, 0.3) is 5.69 Å².